The smallest absolute Gasteiger partial charge is 0.255 e. The topological polar surface area (TPSA) is 94.6 Å². The lowest BCUT2D eigenvalue weighted by Crippen LogP contribution is -2.52. The fraction of sp³-hybridized carbons (Fsp3) is 0.333. The number of aromatic nitrogens is 1. The average Bonchev–Trinajstić information content (AvgIpc) is 3.26. The van der Waals surface area contributed by atoms with Crippen molar-refractivity contribution in [1.82, 2.24) is 20.1 Å². The quantitative estimate of drug-likeness (QED) is 0.469. The Kier molecular flexibility index (Phi) is 6.83. The van der Waals surface area contributed by atoms with Crippen molar-refractivity contribution >= 4 is 29.2 Å². The summed E-state index contributed by atoms with van der Waals surface area (Å²) < 4.78 is 13.1. The Bertz CT molecular complexity index is 1420. The second-order valence-corrected chi connectivity index (χ2v) is 10.6. The molecule has 0 aliphatic carbocycles. The summed E-state index contributed by atoms with van der Waals surface area (Å²) in [6.07, 6.45) is 3.89. The highest BCUT2D eigenvalue weighted by Crippen LogP contribution is 2.34. The zero-order chi connectivity index (χ0) is 26.9. The summed E-state index contributed by atoms with van der Waals surface area (Å²) in [4.78, 5) is 45.0. The van der Waals surface area contributed by atoms with Crippen molar-refractivity contribution in [2.45, 2.75) is 50.7 Å². The van der Waals surface area contributed by atoms with E-state index in [0.717, 1.165) is 43.7 Å². The molecule has 3 amide bonds. The molecular formula is C30H30FN5O3. The van der Waals surface area contributed by atoms with E-state index in [-0.39, 0.29) is 30.0 Å². The molecule has 39 heavy (non-hydrogen) atoms. The number of hydrogen-bond donors (Lipinski definition) is 2. The molecule has 6 rings (SSSR count). The van der Waals surface area contributed by atoms with Crippen LogP contribution in [0.4, 0.5) is 15.9 Å². The molecule has 200 valence electrons. The van der Waals surface area contributed by atoms with Gasteiger partial charge in [0.25, 0.3) is 5.91 Å². The number of nitrogens with zero attached hydrogens (tertiary/aromatic N) is 3. The maximum absolute atomic E-state index is 13.1. The second-order valence-electron chi connectivity index (χ2n) is 10.6. The normalized spacial score (nSPS) is 20.2. The molecule has 9 heteroatoms. The molecule has 0 saturated carbocycles. The number of pyridine rings is 1. The van der Waals surface area contributed by atoms with Gasteiger partial charge in [0.2, 0.25) is 11.8 Å². The summed E-state index contributed by atoms with van der Waals surface area (Å²) in [5.74, 6) is -0.128. The van der Waals surface area contributed by atoms with Gasteiger partial charge in [-0.25, -0.2) is 9.37 Å². The van der Waals surface area contributed by atoms with Gasteiger partial charge in [0.15, 0.2) is 0 Å². The highest BCUT2D eigenvalue weighted by atomic mass is 19.1. The average molecular weight is 528 g/mol. The molecule has 2 aromatic carbocycles. The Morgan fingerprint density at radius 1 is 1.00 bits per heavy atom. The predicted molar refractivity (Wildman–Crippen MR) is 144 cm³/mol. The molecule has 0 radical (unpaired) electrons. The number of carbonyl (C=O) groups is 3. The van der Waals surface area contributed by atoms with Crippen molar-refractivity contribution in [2.75, 3.05) is 18.4 Å². The third kappa shape index (κ3) is 5.40. The molecule has 1 aromatic heterocycles. The van der Waals surface area contributed by atoms with Crippen LogP contribution in [0.1, 0.15) is 58.6 Å². The zero-order valence-electron chi connectivity index (χ0n) is 21.5. The van der Waals surface area contributed by atoms with Crippen LogP contribution in [-0.2, 0) is 22.7 Å². The number of rotatable bonds is 6. The minimum absolute atomic E-state index is 0.132. The van der Waals surface area contributed by atoms with Crippen molar-refractivity contribution in [1.29, 1.82) is 0 Å². The Morgan fingerprint density at radius 3 is 2.62 bits per heavy atom. The van der Waals surface area contributed by atoms with Crippen molar-refractivity contribution in [3.05, 3.63) is 88.9 Å². The van der Waals surface area contributed by atoms with Crippen LogP contribution >= 0.6 is 0 Å². The number of anilines is 2. The third-order valence-corrected chi connectivity index (χ3v) is 7.94. The van der Waals surface area contributed by atoms with E-state index in [4.69, 9.17) is 0 Å². The fourth-order valence-electron chi connectivity index (χ4n) is 5.88. The minimum Gasteiger partial charge on any atom is -0.340 e. The fourth-order valence-corrected chi connectivity index (χ4v) is 5.88. The molecule has 3 aromatic rings. The van der Waals surface area contributed by atoms with Crippen LogP contribution in [0, 0.1) is 5.82 Å². The van der Waals surface area contributed by atoms with Crippen molar-refractivity contribution in [3.8, 4) is 0 Å². The monoisotopic (exact) mass is 527 g/mol. The molecule has 8 nitrogen and oxygen atoms in total. The van der Waals surface area contributed by atoms with Crippen molar-refractivity contribution in [3.63, 3.8) is 0 Å². The van der Waals surface area contributed by atoms with Gasteiger partial charge in [-0.15, -0.1) is 0 Å². The maximum Gasteiger partial charge on any atom is 0.255 e. The van der Waals surface area contributed by atoms with Gasteiger partial charge in [-0.1, -0.05) is 24.3 Å². The van der Waals surface area contributed by atoms with Crippen LogP contribution in [0.5, 0.6) is 0 Å². The van der Waals surface area contributed by atoms with Crippen LogP contribution in [-0.4, -0.2) is 51.6 Å². The van der Waals surface area contributed by atoms with E-state index in [1.165, 1.54) is 23.4 Å². The summed E-state index contributed by atoms with van der Waals surface area (Å²) in [5.41, 5.74) is 4.98. The predicted octanol–water partition coefficient (Wildman–Crippen LogP) is 4.10. The molecule has 2 fully saturated rings. The highest BCUT2D eigenvalue weighted by Gasteiger charge is 2.39. The van der Waals surface area contributed by atoms with Crippen LogP contribution in [0.2, 0.25) is 0 Å². The molecule has 2 saturated heterocycles. The second kappa shape index (κ2) is 10.6. The van der Waals surface area contributed by atoms with E-state index in [0.29, 0.717) is 30.3 Å². The lowest BCUT2D eigenvalue weighted by Gasteiger charge is -2.32. The van der Waals surface area contributed by atoms with Gasteiger partial charge in [-0.2, -0.15) is 0 Å². The number of halogens is 1. The zero-order valence-corrected chi connectivity index (χ0v) is 21.5. The van der Waals surface area contributed by atoms with E-state index in [9.17, 15) is 18.8 Å². The van der Waals surface area contributed by atoms with E-state index < -0.39 is 6.04 Å². The van der Waals surface area contributed by atoms with Gasteiger partial charge in [-0.3, -0.25) is 24.6 Å². The number of likely N-dealkylation sites (tertiary alicyclic amines) is 1. The Hall–Kier alpha value is -4.11. The number of nitrogens with one attached hydrogen (secondary N) is 2. The summed E-state index contributed by atoms with van der Waals surface area (Å²) in [6.45, 7) is 3.20. The number of hydrogen-bond acceptors (Lipinski definition) is 6. The van der Waals surface area contributed by atoms with Crippen LogP contribution < -0.4 is 10.6 Å². The first kappa shape index (κ1) is 25.2. The lowest BCUT2D eigenvalue weighted by atomic mass is 9.87. The van der Waals surface area contributed by atoms with Crippen LogP contribution in [0.3, 0.4) is 0 Å². The molecule has 1 atom stereocenters. The highest BCUT2D eigenvalue weighted by molar-refractivity contribution is 6.05. The molecule has 0 bridgehead atoms. The summed E-state index contributed by atoms with van der Waals surface area (Å²) in [6, 6.07) is 16.7. The van der Waals surface area contributed by atoms with Gasteiger partial charge in [-0.05, 0) is 85.3 Å². The molecular weight excluding hydrogens is 497 g/mol. The van der Waals surface area contributed by atoms with E-state index in [1.54, 1.807) is 11.0 Å². The van der Waals surface area contributed by atoms with E-state index in [1.807, 2.05) is 18.2 Å². The number of imide groups is 1. The number of amides is 3. The summed E-state index contributed by atoms with van der Waals surface area (Å²) in [5, 5.41) is 5.59. The lowest BCUT2D eigenvalue weighted by molar-refractivity contribution is -0.136. The Morgan fingerprint density at radius 2 is 1.85 bits per heavy atom. The molecule has 2 N–H and O–H groups in total. The van der Waals surface area contributed by atoms with Gasteiger partial charge in [0, 0.05) is 30.8 Å². The van der Waals surface area contributed by atoms with Gasteiger partial charge >= 0.3 is 0 Å². The molecule has 4 heterocycles. The molecule has 3 aliphatic heterocycles. The number of piperidine rings is 2. The van der Waals surface area contributed by atoms with E-state index in [2.05, 4.69) is 44.8 Å². The van der Waals surface area contributed by atoms with Gasteiger partial charge < -0.3 is 10.2 Å². The first-order chi connectivity index (χ1) is 18.9. The largest absolute Gasteiger partial charge is 0.340 e. The van der Waals surface area contributed by atoms with Gasteiger partial charge in [0.1, 0.15) is 17.7 Å². The molecule has 1 unspecified atom stereocenters. The van der Waals surface area contributed by atoms with E-state index >= 15 is 0 Å². The Labute approximate surface area is 226 Å². The summed E-state index contributed by atoms with van der Waals surface area (Å²) in [7, 11) is 0. The number of carbonyl (C=O) groups excluding carboxylic acids is 3. The first-order valence-electron chi connectivity index (χ1n) is 13.4. The minimum atomic E-state index is -0.588. The molecule has 0 spiro atoms. The Balaban J connectivity index is 1.05. The number of benzene rings is 2. The SMILES string of the molecule is O=C1CCC(N2Cc3cc(C4CCN(Cc5cccc(Nc6ccc(F)cn6)c5)CC4)ccc3C2=O)C(=O)N1. The van der Waals surface area contributed by atoms with Crippen molar-refractivity contribution in [2.24, 2.45) is 0 Å². The van der Waals surface area contributed by atoms with Crippen molar-refractivity contribution < 1.29 is 18.8 Å². The summed E-state index contributed by atoms with van der Waals surface area (Å²) >= 11 is 0. The standard InChI is InChI=1S/C30H30FN5O3/c31-23-5-8-27(32-16-23)33-24-3-1-2-19(14-24)17-35-12-10-20(11-13-35)21-4-6-25-22(15-21)18-36(30(25)39)26-7-9-28(37)34-29(26)38/h1-6,8,14-16,20,26H,7,9-13,17-18H2,(H,32,33)(H,34,37,38). The maximum atomic E-state index is 13.1. The van der Waals surface area contributed by atoms with Crippen LogP contribution in [0.25, 0.3) is 0 Å². The van der Waals surface area contributed by atoms with Crippen LogP contribution in [0.15, 0.2) is 60.8 Å². The first-order valence-corrected chi connectivity index (χ1v) is 13.4. The third-order valence-electron chi connectivity index (χ3n) is 7.94. The molecule has 3 aliphatic rings. The number of fused-ring (bicyclic) bond motifs is 1. The van der Waals surface area contributed by atoms with Gasteiger partial charge in [0.05, 0.1) is 6.20 Å².